The summed E-state index contributed by atoms with van der Waals surface area (Å²) in [7, 11) is 0. The number of nitrogens with zero attached hydrogens (tertiary/aromatic N) is 1. The Bertz CT molecular complexity index is 367. The number of benzene rings is 1. The summed E-state index contributed by atoms with van der Waals surface area (Å²) in [5.74, 6) is 0.0169. The topological polar surface area (TPSA) is 46.3 Å². The van der Waals surface area contributed by atoms with Gasteiger partial charge >= 0.3 is 0 Å². The monoisotopic (exact) mass is 208 g/mol. The second kappa shape index (κ2) is 3.63. The lowest BCUT2D eigenvalue weighted by Crippen LogP contribution is -2.61. The zero-order valence-electron chi connectivity index (χ0n) is 7.93. The predicted molar refractivity (Wildman–Crippen MR) is 58.6 cm³/mol. The summed E-state index contributed by atoms with van der Waals surface area (Å²) < 4.78 is 0. The van der Waals surface area contributed by atoms with Crippen LogP contribution in [0.25, 0.3) is 0 Å². The Hall–Kier alpha value is -1.00. The Labute approximate surface area is 87.3 Å². The number of carbonyl (C=O) groups excluding carboxylic acids is 1. The third-order valence-electron chi connectivity index (χ3n) is 2.33. The molecular formula is C10H12N2OS. The van der Waals surface area contributed by atoms with Crippen molar-refractivity contribution in [2.45, 2.75) is 10.9 Å². The number of hydrogen-bond acceptors (Lipinski definition) is 3. The molecule has 1 aliphatic heterocycles. The smallest absolute Gasteiger partial charge is 0.245 e. The molecule has 0 aromatic heterocycles. The van der Waals surface area contributed by atoms with E-state index in [-0.39, 0.29) is 11.9 Å². The first-order valence-electron chi connectivity index (χ1n) is 4.43. The Morgan fingerprint density at radius 3 is 2.93 bits per heavy atom. The molecule has 4 heteroatoms. The fourth-order valence-corrected chi connectivity index (χ4v) is 1.92. The van der Waals surface area contributed by atoms with Crippen molar-refractivity contribution in [3.8, 4) is 0 Å². The molecule has 1 aliphatic rings. The lowest BCUT2D eigenvalue weighted by molar-refractivity contribution is -0.123. The molecule has 1 atom stereocenters. The molecule has 1 unspecified atom stereocenters. The van der Waals surface area contributed by atoms with Crippen LogP contribution in [0.1, 0.15) is 0 Å². The van der Waals surface area contributed by atoms with Crippen LogP contribution in [0.5, 0.6) is 0 Å². The van der Waals surface area contributed by atoms with Gasteiger partial charge in [0.05, 0.1) is 6.54 Å². The maximum atomic E-state index is 11.4. The first-order chi connectivity index (χ1) is 6.72. The first-order valence-corrected chi connectivity index (χ1v) is 5.66. The molecule has 1 amide bonds. The molecule has 0 aliphatic carbocycles. The van der Waals surface area contributed by atoms with Gasteiger partial charge in [-0.05, 0) is 24.5 Å². The standard InChI is InChI=1S/C10H12N2OS/c1-14-8-4-2-3-7(5-8)12-6-9(11)10(12)13/h2-5,9H,6,11H2,1H3. The van der Waals surface area contributed by atoms with Gasteiger partial charge in [-0.25, -0.2) is 0 Å². The van der Waals surface area contributed by atoms with E-state index < -0.39 is 0 Å². The number of carbonyl (C=O) groups is 1. The number of thioether (sulfide) groups is 1. The zero-order valence-corrected chi connectivity index (χ0v) is 8.75. The van der Waals surface area contributed by atoms with Gasteiger partial charge in [0, 0.05) is 10.6 Å². The van der Waals surface area contributed by atoms with E-state index in [2.05, 4.69) is 0 Å². The minimum Gasteiger partial charge on any atom is -0.318 e. The third kappa shape index (κ3) is 1.51. The highest BCUT2D eigenvalue weighted by molar-refractivity contribution is 7.98. The Balaban J connectivity index is 2.21. The van der Waals surface area contributed by atoms with Gasteiger partial charge in [-0.2, -0.15) is 0 Å². The van der Waals surface area contributed by atoms with Crippen molar-refractivity contribution in [2.75, 3.05) is 17.7 Å². The highest BCUT2D eigenvalue weighted by Crippen LogP contribution is 2.25. The van der Waals surface area contributed by atoms with E-state index in [0.29, 0.717) is 6.54 Å². The second-order valence-electron chi connectivity index (χ2n) is 3.26. The van der Waals surface area contributed by atoms with Crippen LogP contribution in [-0.4, -0.2) is 24.7 Å². The van der Waals surface area contributed by atoms with Crippen LogP contribution in [0.15, 0.2) is 29.2 Å². The predicted octanol–water partition coefficient (Wildman–Crippen LogP) is 1.08. The quantitative estimate of drug-likeness (QED) is 0.584. The summed E-state index contributed by atoms with van der Waals surface area (Å²) in [6.45, 7) is 0.636. The van der Waals surface area contributed by atoms with E-state index in [9.17, 15) is 4.79 Å². The molecule has 1 heterocycles. The Morgan fingerprint density at radius 1 is 1.57 bits per heavy atom. The molecule has 2 N–H and O–H groups in total. The van der Waals surface area contributed by atoms with Crippen molar-refractivity contribution >= 4 is 23.4 Å². The SMILES string of the molecule is CSc1cccc(N2CC(N)C2=O)c1. The number of anilines is 1. The first kappa shape index (κ1) is 9.55. The van der Waals surface area contributed by atoms with E-state index in [1.807, 2.05) is 30.5 Å². The van der Waals surface area contributed by atoms with Gasteiger partial charge < -0.3 is 10.6 Å². The average Bonchev–Trinajstić information content (AvgIpc) is 2.25. The molecule has 1 aromatic rings. The van der Waals surface area contributed by atoms with E-state index in [1.54, 1.807) is 16.7 Å². The van der Waals surface area contributed by atoms with Gasteiger partial charge in [0.1, 0.15) is 6.04 Å². The van der Waals surface area contributed by atoms with Gasteiger partial charge in [-0.1, -0.05) is 6.07 Å². The average molecular weight is 208 g/mol. The molecule has 1 saturated heterocycles. The summed E-state index contributed by atoms with van der Waals surface area (Å²) >= 11 is 1.67. The molecule has 2 rings (SSSR count). The maximum absolute atomic E-state index is 11.4. The lowest BCUT2D eigenvalue weighted by Gasteiger charge is -2.36. The zero-order chi connectivity index (χ0) is 10.1. The summed E-state index contributed by atoms with van der Waals surface area (Å²) in [6, 6.07) is 7.63. The van der Waals surface area contributed by atoms with Crippen LogP contribution in [0.2, 0.25) is 0 Å². The number of rotatable bonds is 2. The summed E-state index contributed by atoms with van der Waals surface area (Å²) in [6.07, 6.45) is 2.02. The van der Waals surface area contributed by atoms with Gasteiger partial charge in [-0.3, -0.25) is 4.79 Å². The normalized spacial score (nSPS) is 20.9. The van der Waals surface area contributed by atoms with Crippen molar-refractivity contribution in [1.29, 1.82) is 0 Å². The van der Waals surface area contributed by atoms with E-state index in [0.717, 1.165) is 10.6 Å². The fourth-order valence-electron chi connectivity index (χ4n) is 1.46. The molecule has 74 valence electrons. The Morgan fingerprint density at radius 2 is 2.36 bits per heavy atom. The summed E-state index contributed by atoms with van der Waals surface area (Å²) in [5.41, 5.74) is 6.47. The third-order valence-corrected chi connectivity index (χ3v) is 3.05. The molecule has 0 saturated carbocycles. The number of amides is 1. The molecule has 0 spiro atoms. The molecule has 3 nitrogen and oxygen atoms in total. The van der Waals surface area contributed by atoms with Crippen molar-refractivity contribution < 1.29 is 4.79 Å². The molecule has 0 bridgehead atoms. The van der Waals surface area contributed by atoms with Crippen molar-refractivity contribution in [3.63, 3.8) is 0 Å². The molecule has 1 aromatic carbocycles. The van der Waals surface area contributed by atoms with Crippen LogP contribution in [0, 0.1) is 0 Å². The van der Waals surface area contributed by atoms with Gasteiger partial charge in [-0.15, -0.1) is 11.8 Å². The van der Waals surface area contributed by atoms with Gasteiger partial charge in [0.15, 0.2) is 0 Å². The number of β-lactam (4-membered cyclic amide) rings is 1. The molecular weight excluding hydrogens is 196 g/mol. The highest BCUT2D eigenvalue weighted by Gasteiger charge is 2.34. The Kier molecular flexibility index (Phi) is 2.48. The minimum absolute atomic E-state index is 0.0169. The van der Waals surface area contributed by atoms with Crippen molar-refractivity contribution in [1.82, 2.24) is 0 Å². The van der Waals surface area contributed by atoms with Crippen LogP contribution in [0.3, 0.4) is 0 Å². The van der Waals surface area contributed by atoms with Crippen LogP contribution >= 0.6 is 11.8 Å². The van der Waals surface area contributed by atoms with E-state index in [1.165, 1.54) is 0 Å². The molecule has 0 radical (unpaired) electrons. The van der Waals surface area contributed by atoms with E-state index >= 15 is 0 Å². The van der Waals surface area contributed by atoms with Crippen molar-refractivity contribution in [3.05, 3.63) is 24.3 Å². The van der Waals surface area contributed by atoms with Crippen LogP contribution in [-0.2, 0) is 4.79 Å². The van der Waals surface area contributed by atoms with Gasteiger partial charge in [0.2, 0.25) is 5.91 Å². The van der Waals surface area contributed by atoms with E-state index in [4.69, 9.17) is 5.73 Å². The summed E-state index contributed by atoms with van der Waals surface area (Å²) in [5, 5.41) is 0. The maximum Gasteiger partial charge on any atom is 0.245 e. The number of nitrogens with two attached hydrogens (primary N) is 1. The van der Waals surface area contributed by atoms with Gasteiger partial charge in [0.25, 0.3) is 0 Å². The number of hydrogen-bond donors (Lipinski definition) is 1. The fraction of sp³-hybridized carbons (Fsp3) is 0.300. The van der Waals surface area contributed by atoms with Crippen LogP contribution < -0.4 is 10.6 Å². The highest BCUT2D eigenvalue weighted by atomic mass is 32.2. The van der Waals surface area contributed by atoms with Crippen molar-refractivity contribution in [2.24, 2.45) is 5.73 Å². The second-order valence-corrected chi connectivity index (χ2v) is 4.14. The summed E-state index contributed by atoms with van der Waals surface area (Å²) in [4.78, 5) is 14.2. The lowest BCUT2D eigenvalue weighted by atomic mass is 10.1. The minimum atomic E-state index is -0.298. The largest absolute Gasteiger partial charge is 0.318 e. The molecule has 14 heavy (non-hydrogen) atoms. The van der Waals surface area contributed by atoms with Crippen LogP contribution in [0.4, 0.5) is 5.69 Å². The molecule has 1 fully saturated rings.